The summed E-state index contributed by atoms with van der Waals surface area (Å²) in [6.07, 6.45) is 8.46. The molecule has 1 aliphatic rings. The molecule has 0 saturated heterocycles. The van der Waals surface area contributed by atoms with Crippen LogP contribution in [-0.2, 0) is 10.0 Å². The molecule has 4 heterocycles. The third-order valence-corrected chi connectivity index (χ3v) is 9.30. The summed E-state index contributed by atoms with van der Waals surface area (Å²) in [5.74, 6) is 0.896. The van der Waals surface area contributed by atoms with Crippen molar-refractivity contribution in [1.29, 1.82) is 5.26 Å². The maximum absolute atomic E-state index is 13.4. The molecule has 4 aromatic heterocycles. The lowest BCUT2D eigenvalue weighted by Gasteiger charge is -2.27. The quantitative estimate of drug-likeness (QED) is 0.330. The van der Waals surface area contributed by atoms with Gasteiger partial charge in [-0.25, -0.2) is 27.3 Å². The lowest BCUT2D eigenvalue weighted by molar-refractivity contribution is 0.320. The van der Waals surface area contributed by atoms with Gasteiger partial charge in [0.15, 0.2) is 11.5 Å². The Bertz CT molecular complexity index is 1700. The zero-order valence-corrected chi connectivity index (χ0v) is 20.6. The number of fused-ring (bicyclic) bond motifs is 3. The molecule has 0 radical (unpaired) electrons. The van der Waals surface area contributed by atoms with Crippen molar-refractivity contribution >= 4 is 43.4 Å². The minimum absolute atomic E-state index is 0.0777. The Hall–Kier alpha value is -3.55. The first-order chi connectivity index (χ1) is 17.0. The van der Waals surface area contributed by atoms with E-state index in [4.69, 9.17) is 4.98 Å². The topological polar surface area (TPSA) is 106 Å². The molecule has 1 saturated carbocycles. The van der Waals surface area contributed by atoms with Crippen molar-refractivity contribution in [2.45, 2.75) is 43.5 Å². The molecule has 10 heteroatoms. The average Bonchev–Trinajstić information content (AvgIpc) is 3.60. The van der Waals surface area contributed by atoms with Gasteiger partial charge < -0.3 is 4.57 Å². The third-order valence-electron chi connectivity index (χ3n) is 6.71. The number of aromatic nitrogens is 5. The number of thiazole rings is 1. The molecule has 176 valence electrons. The number of aryl methyl sites for hydroxylation is 1. The van der Waals surface area contributed by atoms with Gasteiger partial charge in [-0.15, -0.1) is 11.3 Å². The largest absolute Gasteiger partial charge is 0.319 e. The third kappa shape index (κ3) is 3.54. The van der Waals surface area contributed by atoms with Crippen LogP contribution in [0.3, 0.4) is 0 Å². The first-order valence-electron chi connectivity index (χ1n) is 11.5. The summed E-state index contributed by atoms with van der Waals surface area (Å²) in [6.45, 7) is 1.97. The summed E-state index contributed by atoms with van der Waals surface area (Å²) in [6, 6.07) is 12.8. The number of nitrogens with zero attached hydrogens (tertiary/aromatic N) is 6. The van der Waals surface area contributed by atoms with E-state index in [0.717, 1.165) is 57.8 Å². The van der Waals surface area contributed by atoms with Gasteiger partial charge in [0.2, 0.25) is 0 Å². The predicted octanol–water partition coefficient (Wildman–Crippen LogP) is 5.31. The van der Waals surface area contributed by atoms with Crippen LogP contribution in [0.15, 0.2) is 59.9 Å². The molecule has 0 N–H and O–H groups in total. The van der Waals surface area contributed by atoms with Gasteiger partial charge >= 0.3 is 0 Å². The van der Waals surface area contributed by atoms with Gasteiger partial charge in [0, 0.05) is 29.7 Å². The van der Waals surface area contributed by atoms with Crippen molar-refractivity contribution in [3.8, 4) is 16.8 Å². The highest BCUT2D eigenvalue weighted by Crippen LogP contribution is 2.40. The van der Waals surface area contributed by atoms with Crippen LogP contribution >= 0.6 is 11.3 Å². The second kappa shape index (κ2) is 8.29. The molecule has 0 unspecified atom stereocenters. The molecule has 0 spiro atoms. The van der Waals surface area contributed by atoms with Crippen LogP contribution < -0.4 is 0 Å². The van der Waals surface area contributed by atoms with Crippen molar-refractivity contribution in [3.05, 3.63) is 60.0 Å². The fourth-order valence-electron chi connectivity index (χ4n) is 5.00. The average molecular weight is 503 g/mol. The van der Waals surface area contributed by atoms with Crippen LogP contribution in [0, 0.1) is 24.2 Å². The first-order valence-corrected chi connectivity index (χ1v) is 13.7. The van der Waals surface area contributed by atoms with E-state index in [1.165, 1.54) is 3.97 Å². The number of hydrogen-bond donors (Lipinski definition) is 0. The van der Waals surface area contributed by atoms with Crippen molar-refractivity contribution in [2.24, 2.45) is 5.92 Å². The molecule has 5 aromatic rings. The van der Waals surface area contributed by atoms with E-state index in [1.807, 2.05) is 19.2 Å². The Morgan fingerprint density at radius 2 is 1.83 bits per heavy atom. The van der Waals surface area contributed by atoms with E-state index in [2.05, 4.69) is 20.6 Å². The number of hydrogen-bond acceptors (Lipinski definition) is 7. The van der Waals surface area contributed by atoms with E-state index in [9.17, 15) is 13.7 Å². The van der Waals surface area contributed by atoms with Gasteiger partial charge in [0.25, 0.3) is 10.0 Å². The van der Waals surface area contributed by atoms with Crippen molar-refractivity contribution in [2.75, 3.05) is 0 Å². The maximum atomic E-state index is 13.4. The molecule has 8 nitrogen and oxygen atoms in total. The summed E-state index contributed by atoms with van der Waals surface area (Å²) >= 11 is 1.58. The molecule has 6 rings (SSSR count). The molecule has 35 heavy (non-hydrogen) atoms. The highest BCUT2D eigenvalue weighted by Gasteiger charge is 2.29. The monoisotopic (exact) mass is 502 g/mol. The van der Waals surface area contributed by atoms with E-state index in [-0.39, 0.29) is 16.9 Å². The van der Waals surface area contributed by atoms with Crippen LogP contribution in [0.25, 0.3) is 32.8 Å². The summed E-state index contributed by atoms with van der Waals surface area (Å²) in [7, 11) is -3.80. The maximum Gasteiger partial charge on any atom is 0.269 e. The first kappa shape index (κ1) is 21.9. The summed E-state index contributed by atoms with van der Waals surface area (Å²) in [5, 5.41) is 11.1. The Morgan fingerprint density at radius 3 is 2.51 bits per heavy atom. The van der Waals surface area contributed by atoms with Gasteiger partial charge in [-0.2, -0.15) is 5.26 Å². The van der Waals surface area contributed by atoms with Gasteiger partial charge in [0.05, 0.1) is 32.6 Å². The summed E-state index contributed by atoms with van der Waals surface area (Å²) in [4.78, 5) is 15.1. The highest BCUT2D eigenvalue weighted by molar-refractivity contribution is 7.90. The Kier molecular flexibility index (Phi) is 5.20. The lowest BCUT2D eigenvalue weighted by atomic mass is 9.86. The zero-order chi connectivity index (χ0) is 24.2. The number of pyridine rings is 1. The van der Waals surface area contributed by atoms with Crippen LogP contribution in [-0.4, -0.2) is 31.9 Å². The van der Waals surface area contributed by atoms with Crippen LogP contribution in [0.1, 0.15) is 36.7 Å². The van der Waals surface area contributed by atoms with Crippen LogP contribution in [0.4, 0.5) is 0 Å². The predicted molar refractivity (Wildman–Crippen MR) is 135 cm³/mol. The smallest absolute Gasteiger partial charge is 0.269 e. The lowest BCUT2D eigenvalue weighted by Crippen LogP contribution is -2.18. The van der Waals surface area contributed by atoms with Crippen molar-refractivity contribution < 1.29 is 8.42 Å². The molecular weight excluding hydrogens is 480 g/mol. The second-order valence-corrected chi connectivity index (χ2v) is 11.9. The molecular formula is C25H22N6O2S2. The van der Waals surface area contributed by atoms with Crippen LogP contribution in [0.2, 0.25) is 0 Å². The zero-order valence-electron chi connectivity index (χ0n) is 19.0. The molecule has 0 atom stereocenters. The van der Waals surface area contributed by atoms with Gasteiger partial charge in [-0.05, 0) is 50.8 Å². The van der Waals surface area contributed by atoms with E-state index >= 15 is 0 Å². The van der Waals surface area contributed by atoms with Gasteiger partial charge in [-0.3, -0.25) is 0 Å². The minimum atomic E-state index is -3.80. The normalized spacial score (nSPS) is 18.7. The van der Waals surface area contributed by atoms with E-state index in [1.54, 1.807) is 54.1 Å². The summed E-state index contributed by atoms with van der Waals surface area (Å²) < 4.78 is 30.3. The fourth-order valence-corrected chi connectivity index (χ4v) is 7.09. The van der Waals surface area contributed by atoms with E-state index < -0.39 is 10.0 Å². The number of rotatable bonds is 4. The fraction of sp³-hybridized carbons (Fsp3) is 0.280. The van der Waals surface area contributed by atoms with Crippen molar-refractivity contribution in [1.82, 2.24) is 23.5 Å². The molecule has 1 aromatic carbocycles. The molecule has 0 aliphatic heterocycles. The standard InChI is InChI=1S/C25H22N6O2S2/c1-16-27-15-22(34-16)25-29-21-14-28-24-20(23(21)31(25)18-9-7-17(13-26)8-10-18)11-12-30(24)35(32,33)19-5-3-2-4-6-19/h2-6,11-12,14-15,17-18H,7-10H2,1H3/t17-,18-. The summed E-state index contributed by atoms with van der Waals surface area (Å²) in [5.41, 5.74) is 1.97. The van der Waals surface area contributed by atoms with Gasteiger partial charge in [0.1, 0.15) is 5.52 Å². The number of nitriles is 1. The molecule has 0 bridgehead atoms. The van der Waals surface area contributed by atoms with Crippen LogP contribution in [0.5, 0.6) is 0 Å². The highest BCUT2D eigenvalue weighted by atomic mass is 32.2. The minimum Gasteiger partial charge on any atom is -0.319 e. The van der Waals surface area contributed by atoms with Gasteiger partial charge in [-0.1, -0.05) is 18.2 Å². The Morgan fingerprint density at radius 1 is 1.06 bits per heavy atom. The SMILES string of the molecule is Cc1ncc(-c2nc3cnc4c(ccn4S(=O)(=O)c4ccccc4)c3n2[C@H]2CC[C@H](C#N)CC2)s1. The molecule has 0 amide bonds. The number of imidazole rings is 1. The Balaban J connectivity index is 1.59. The van der Waals surface area contributed by atoms with E-state index in [0.29, 0.717) is 5.65 Å². The second-order valence-electron chi connectivity index (χ2n) is 8.84. The number of benzene rings is 1. The molecule has 1 aliphatic carbocycles. The Labute approximate surface area is 206 Å². The van der Waals surface area contributed by atoms with Crippen molar-refractivity contribution in [3.63, 3.8) is 0 Å². The molecule has 1 fully saturated rings.